The third kappa shape index (κ3) is 3.25. The molecule has 20 heavy (non-hydrogen) atoms. The van der Waals surface area contributed by atoms with Crippen LogP contribution < -0.4 is 5.32 Å². The van der Waals surface area contributed by atoms with Crippen molar-refractivity contribution in [3.8, 4) is 5.69 Å². The van der Waals surface area contributed by atoms with E-state index in [-0.39, 0.29) is 11.4 Å². The number of imidazole rings is 1. The fourth-order valence-electron chi connectivity index (χ4n) is 1.96. The molecule has 4 heteroatoms. The third-order valence-corrected chi connectivity index (χ3v) is 3.35. The molecule has 0 unspecified atom stereocenters. The monoisotopic (exact) mass is 275 g/mol. The molecule has 0 radical (unpaired) electrons. The lowest BCUT2D eigenvalue weighted by Gasteiger charge is -2.20. The van der Waals surface area contributed by atoms with Crippen LogP contribution in [0.4, 0.5) is 4.39 Å². The fraction of sp³-hybridized carbons (Fsp3) is 0.438. The Balaban J connectivity index is 2.24. The summed E-state index contributed by atoms with van der Waals surface area (Å²) in [5.74, 6) is -0.223. The standard InChI is InChI=1S/C16H22FN3/c1-11-12(2)20(10-18-11)15-7-6-13(8-14(15)17)9-19-16(3,4)5/h6-8,10,19H,9H2,1-5H3. The van der Waals surface area contributed by atoms with Crippen LogP contribution in [-0.4, -0.2) is 15.1 Å². The molecule has 0 bridgehead atoms. The second-order valence-corrected chi connectivity index (χ2v) is 6.17. The smallest absolute Gasteiger partial charge is 0.147 e. The summed E-state index contributed by atoms with van der Waals surface area (Å²) in [5, 5.41) is 3.35. The maximum atomic E-state index is 14.3. The van der Waals surface area contributed by atoms with Gasteiger partial charge >= 0.3 is 0 Å². The van der Waals surface area contributed by atoms with Gasteiger partial charge in [-0.3, -0.25) is 0 Å². The molecule has 0 aliphatic heterocycles. The van der Waals surface area contributed by atoms with Crippen molar-refractivity contribution in [1.82, 2.24) is 14.9 Å². The lowest BCUT2D eigenvalue weighted by Crippen LogP contribution is -2.35. The quantitative estimate of drug-likeness (QED) is 0.929. The van der Waals surface area contributed by atoms with Gasteiger partial charge in [0.1, 0.15) is 5.82 Å². The van der Waals surface area contributed by atoms with Crippen LogP contribution in [0.5, 0.6) is 0 Å². The highest BCUT2D eigenvalue weighted by Crippen LogP contribution is 2.19. The number of rotatable bonds is 3. The highest BCUT2D eigenvalue weighted by atomic mass is 19.1. The molecule has 0 fully saturated rings. The van der Waals surface area contributed by atoms with E-state index < -0.39 is 0 Å². The summed E-state index contributed by atoms with van der Waals surface area (Å²) in [5.41, 5.74) is 3.39. The van der Waals surface area contributed by atoms with Gasteiger partial charge < -0.3 is 9.88 Å². The van der Waals surface area contributed by atoms with Crippen LogP contribution in [0.2, 0.25) is 0 Å². The Bertz CT molecular complexity index is 609. The van der Waals surface area contributed by atoms with Gasteiger partial charge in [-0.1, -0.05) is 6.07 Å². The first-order chi connectivity index (χ1) is 9.28. The molecule has 0 aliphatic rings. The molecular weight excluding hydrogens is 253 g/mol. The molecule has 1 N–H and O–H groups in total. The first-order valence-corrected chi connectivity index (χ1v) is 6.82. The van der Waals surface area contributed by atoms with Crippen molar-refractivity contribution in [2.75, 3.05) is 0 Å². The van der Waals surface area contributed by atoms with Gasteiger partial charge in [-0.05, 0) is 52.3 Å². The van der Waals surface area contributed by atoms with Gasteiger partial charge in [0.25, 0.3) is 0 Å². The van der Waals surface area contributed by atoms with Crippen molar-refractivity contribution in [1.29, 1.82) is 0 Å². The number of nitrogens with one attached hydrogen (secondary N) is 1. The largest absolute Gasteiger partial charge is 0.308 e. The summed E-state index contributed by atoms with van der Waals surface area (Å²) in [6, 6.07) is 5.35. The van der Waals surface area contributed by atoms with Crippen LogP contribution in [0.15, 0.2) is 24.5 Å². The van der Waals surface area contributed by atoms with E-state index >= 15 is 0 Å². The summed E-state index contributed by atoms with van der Waals surface area (Å²) in [7, 11) is 0. The van der Waals surface area contributed by atoms with Gasteiger partial charge in [0.2, 0.25) is 0 Å². The van der Waals surface area contributed by atoms with Gasteiger partial charge in [-0.15, -0.1) is 0 Å². The molecule has 1 heterocycles. The molecule has 0 saturated heterocycles. The Hall–Kier alpha value is -1.68. The Morgan fingerprint density at radius 3 is 2.45 bits per heavy atom. The molecule has 2 aromatic rings. The van der Waals surface area contributed by atoms with Gasteiger partial charge in [0.15, 0.2) is 0 Å². The van der Waals surface area contributed by atoms with Gasteiger partial charge in [-0.2, -0.15) is 0 Å². The van der Waals surface area contributed by atoms with Gasteiger partial charge in [0.05, 0.1) is 17.7 Å². The first kappa shape index (κ1) is 14.7. The fourth-order valence-corrected chi connectivity index (χ4v) is 1.96. The van der Waals surface area contributed by atoms with Gasteiger partial charge in [0, 0.05) is 17.8 Å². The van der Waals surface area contributed by atoms with Crippen LogP contribution in [0.3, 0.4) is 0 Å². The second kappa shape index (κ2) is 5.37. The van der Waals surface area contributed by atoms with Gasteiger partial charge in [-0.25, -0.2) is 9.37 Å². The number of hydrogen-bond donors (Lipinski definition) is 1. The second-order valence-electron chi connectivity index (χ2n) is 6.17. The lowest BCUT2D eigenvalue weighted by molar-refractivity contribution is 0.423. The zero-order valence-electron chi connectivity index (χ0n) is 12.8. The number of aromatic nitrogens is 2. The Morgan fingerprint density at radius 2 is 1.95 bits per heavy atom. The van der Waals surface area contributed by atoms with E-state index in [9.17, 15) is 4.39 Å². The van der Waals surface area contributed by atoms with Crippen LogP contribution >= 0.6 is 0 Å². The topological polar surface area (TPSA) is 29.9 Å². The van der Waals surface area contributed by atoms with Crippen molar-refractivity contribution < 1.29 is 4.39 Å². The summed E-state index contributed by atoms with van der Waals surface area (Å²) >= 11 is 0. The summed E-state index contributed by atoms with van der Waals surface area (Å²) in [6.07, 6.45) is 1.66. The number of hydrogen-bond acceptors (Lipinski definition) is 2. The zero-order chi connectivity index (χ0) is 14.9. The van der Waals surface area contributed by atoms with Crippen LogP contribution in [0.1, 0.15) is 37.7 Å². The third-order valence-electron chi connectivity index (χ3n) is 3.35. The molecule has 2 rings (SSSR count). The highest BCUT2D eigenvalue weighted by Gasteiger charge is 2.12. The van der Waals surface area contributed by atoms with E-state index in [1.54, 1.807) is 17.0 Å². The van der Waals surface area contributed by atoms with Crippen LogP contribution in [-0.2, 0) is 6.54 Å². The predicted octanol–water partition coefficient (Wildman–Crippen LogP) is 3.52. The number of nitrogens with zero attached hydrogens (tertiary/aromatic N) is 2. The SMILES string of the molecule is Cc1ncn(-c2ccc(CNC(C)(C)C)cc2F)c1C. The number of aryl methyl sites for hydroxylation is 1. The van der Waals surface area contributed by atoms with Crippen molar-refractivity contribution in [3.05, 3.63) is 47.3 Å². The minimum absolute atomic E-state index is 0.0210. The van der Waals surface area contributed by atoms with Crippen molar-refractivity contribution >= 4 is 0 Å². The predicted molar refractivity (Wildman–Crippen MR) is 79.6 cm³/mol. The average Bonchev–Trinajstić information content (AvgIpc) is 2.67. The minimum Gasteiger partial charge on any atom is -0.308 e. The van der Waals surface area contributed by atoms with E-state index in [2.05, 4.69) is 31.1 Å². The number of halogens is 1. The molecule has 108 valence electrons. The van der Waals surface area contributed by atoms with E-state index in [0.717, 1.165) is 17.0 Å². The number of benzene rings is 1. The lowest BCUT2D eigenvalue weighted by atomic mass is 10.1. The molecule has 1 aromatic heterocycles. The maximum Gasteiger partial charge on any atom is 0.147 e. The van der Waals surface area contributed by atoms with Crippen LogP contribution in [0.25, 0.3) is 5.69 Å². The molecule has 3 nitrogen and oxygen atoms in total. The highest BCUT2D eigenvalue weighted by molar-refractivity contribution is 5.39. The maximum absolute atomic E-state index is 14.3. The zero-order valence-corrected chi connectivity index (χ0v) is 12.8. The molecule has 0 amide bonds. The molecule has 0 aliphatic carbocycles. The van der Waals surface area contributed by atoms with E-state index in [0.29, 0.717) is 12.2 Å². The van der Waals surface area contributed by atoms with E-state index in [1.165, 1.54) is 0 Å². The molecule has 0 atom stereocenters. The molecule has 0 spiro atoms. The van der Waals surface area contributed by atoms with Crippen molar-refractivity contribution in [3.63, 3.8) is 0 Å². The van der Waals surface area contributed by atoms with E-state index in [4.69, 9.17) is 0 Å². The minimum atomic E-state index is -0.223. The Labute approximate surface area is 119 Å². The summed E-state index contributed by atoms with van der Waals surface area (Å²) in [4.78, 5) is 4.21. The van der Waals surface area contributed by atoms with Crippen molar-refractivity contribution in [2.24, 2.45) is 0 Å². The average molecular weight is 275 g/mol. The molecular formula is C16H22FN3. The van der Waals surface area contributed by atoms with E-state index in [1.807, 2.05) is 26.0 Å². The van der Waals surface area contributed by atoms with Crippen LogP contribution in [0, 0.1) is 19.7 Å². The molecule has 1 aromatic carbocycles. The van der Waals surface area contributed by atoms with Crippen molar-refractivity contribution in [2.45, 2.75) is 46.7 Å². The Morgan fingerprint density at radius 1 is 1.25 bits per heavy atom. The Kier molecular flexibility index (Phi) is 3.95. The molecule has 0 saturated carbocycles. The summed E-state index contributed by atoms with van der Waals surface area (Å²) in [6.45, 7) is 10.8. The normalized spacial score (nSPS) is 11.9. The first-order valence-electron chi connectivity index (χ1n) is 6.82. The summed E-state index contributed by atoms with van der Waals surface area (Å²) < 4.78 is 16.1.